The van der Waals surface area contributed by atoms with Gasteiger partial charge < -0.3 is 5.32 Å². The first kappa shape index (κ1) is 20.3. The van der Waals surface area contributed by atoms with Gasteiger partial charge in [-0.2, -0.15) is 0 Å². The van der Waals surface area contributed by atoms with Gasteiger partial charge in [-0.05, 0) is 56.4 Å². The fourth-order valence-corrected chi connectivity index (χ4v) is 4.50. The third-order valence-corrected chi connectivity index (χ3v) is 6.08. The lowest BCUT2D eigenvalue weighted by Crippen LogP contribution is -2.45. The Kier molecular flexibility index (Phi) is 6.36. The lowest BCUT2D eigenvalue weighted by Gasteiger charge is -2.30. The number of sulfonamides is 1. The molecule has 0 radical (unpaired) electrons. The van der Waals surface area contributed by atoms with Gasteiger partial charge in [-0.3, -0.25) is 9.10 Å². The molecule has 0 bridgehead atoms. The topological polar surface area (TPSA) is 66.5 Å². The predicted molar refractivity (Wildman–Crippen MR) is 110 cm³/mol. The molecule has 140 valence electrons. The summed E-state index contributed by atoms with van der Waals surface area (Å²) in [6.45, 7) is 5.32. The van der Waals surface area contributed by atoms with E-state index >= 15 is 0 Å². The molecule has 7 heteroatoms. The Morgan fingerprint density at radius 1 is 1.15 bits per heavy atom. The molecule has 5 nitrogen and oxygen atoms in total. The van der Waals surface area contributed by atoms with Gasteiger partial charge in [-0.25, -0.2) is 8.42 Å². The summed E-state index contributed by atoms with van der Waals surface area (Å²) in [7, 11) is -3.64. The minimum absolute atomic E-state index is 0.377. The molecule has 0 aliphatic heterocycles. The van der Waals surface area contributed by atoms with Crippen LogP contribution in [-0.4, -0.2) is 32.9 Å². The van der Waals surface area contributed by atoms with Crippen LogP contribution in [-0.2, 0) is 14.8 Å². The van der Waals surface area contributed by atoms with Gasteiger partial charge in [0.05, 0.1) is 17.6 Å². The molecule has 0 fully saturated rings. The van der Waals surface area contributed by atoms with E-state index in [0.29, 0.717) is 11.4 Å². The first-order valence-corrected chi connectivity index (χ1v) is 11.2. The molecule has 2 aromatic carbocycles. The number of carbonyl (C=O) groups is 1. The summed E-state index contributed by atoms with van der Waals surface area (Å²) in [5, 5.41) is 2.85. The van der Waals surface area contributed by atoms with Crippen LogP contribution in [0.5, 0.6) is 0 Å². The van der Waals surface area contributed by atoms with Gasteiger partial charge in [-0.1, -0.05) is 24.3 Å². The van der Waals surface area contributed by atoms with Crippen molar-refractivity contribution in [2.45, 2.75) is 31.7 Å². The lowest BCUT2D eigenvalue weighted by atomic mass is 10.1. The molecule has 2 rings (SSSR count). The average molecular weight is 393 g/mol. The maximum atomic E-state index is 12.8. The second-order valence-electron chi connectivity index (χ2n) is 6.21. The molecule has 26 heavy (non-hydrogen) atoms. The fourth-order valence-electron chi connectivity index (χ4n) is 2.72. The first-order chi connectivity index (χ1) is 12.1. The van der Waals surface area contributed by atoms with Crippen molar-refractivity contribution in [3.05, 3.63) is 53.6 Å². The van der Waals surface area contributed by atoms with E-state index in [1.807, 2.05) is 50.4 Å². The summed E-state index contributed by atoms with van der Waals surface area (Å²) in [5.41, 5.74) is 2.92. The second-order valence-corrected chi connectivity index (χ2v) is 8.92. The number of benzene rings is 2. The van der Waals surface area contributed by atoms with Crippen molar-refractivity contribution in [1.82, 2.24) is 0 Å². The highest BCUT2D eigenvalue weighted by molar-refractivity contribution is 7.98. The van der Waals surface area contributed by atoms with Crippen LogP contribution < -0.4 is 9.62 Å². The van der Waals surface area contributed by atoms with Crippen molar-refractivity contribution in [2.24, 2.45) is 0 Å². The van der Waals surface area contributed by atoms with Crippen LogP contribution >= 0.6 is 11.8 Å². The second kappa shape index (κ2) is 8.14. The van der Waals surface area contributed by atoms with Gasteiger partial charge in [0, 0.05) is 4.90 Å². The fraction of sp³-hybridized carbons (Fsp3) is 0.316. The Labute approximate surface area is 159 Å². The number of amides is 1. The van der Waals surface area contributed by atoms with Gasteiger partial charge in [0.15, 0.2) is 0 Å². The van der Waals surface area contributed by atoms with Gasteiger partial charge in [-0.15, -0.1) is 11.8 Å². The first-order valence-electron chi connectivity index (χ1n) is 8.15. The van der Waals surface area contributed by atoms with E-state index in [1.165, 1.54) is 16.1 Å². The monoisotopic (exact) mass is 392 g/mol. The third-order valence-electron chi connectivity index (χ3n) is 4.06. The van der Waals surface area contributed by atoms with E-state index in [0.717, 1.165) is 22.3 Å². The molecule has 2 aromatic rings. The number of hydrogen-bond acceptors (Lipinski definition) is 4. The van der Waals surface area contributed by atoms with Crippen LogP contribution in [0.4, 0.5) is 11.4 Å². The van der Waals surface area contributed by atoms with E-state index in [-0.39, 0.29) is 5.91 Å². The summed E-state index contributed by atoms with van der Waals surface area (Å²) < 4.78 is 26.1. The number of carbonyl (C=O) groups excluding carboxylic acids is 1. The van der Waals surface area contributed by atoms with Gasteiger partial charge in [0.25, 0.3) is 0 Å². The van der Waals surface area contributed by atoms with Crippen molar-refractivity contribution >= 4 is 39.1 Å². The summed E-state index contributed by atoms with van der Waals surface area (Å²) in [6, 6.07) is 12.1. The number of rotatable bonds is 6. The lowest BCUT2D eigenvalue weighted by molar-refractivity contribution is -0.116. The summed E-state index contributed by atoms with van der Waals surface area (Å²) in [4.78, 5) is 13.7. The summed E-state index contributed by atoms with van der Waals surface area (Å²) in [5.74, 6) is -0.377. The minimum atomic E-state index is -3.64. The Balaban J connectivity index is 2.40. The van der Waals surface area contributed by atoms with E-state index in [9.17, 15) is 13.2 Å². The van der Waals surface area contributed by atoms with Crippen LogP contribution in [0, 0.1) is 13.8 Å². The molecular weight excluding hydrogens is 368 g/mol. The Morgan fingerprint density at radius 2 is 1.81 bits per heavy atom. The molecule has 0 unspecified atom stereocenters. The molecule has 0 aromatic heterocycles. The van der Waals surface area contributed by atoms with Crippen molar-refractivity contribution in [2.75, 3.05) is 22.1 Å². The third kappa shape index (κ3) is 4.59. The highest BCUT2D eigenvalue weighted by Gasteiger charge is 2.30. The van der Waals surface area contributed by atoms with Gasteiger partial charge in [0.2, 0.25) is 15.9 Å². The molecule has 1 N–H and O–H groups in total. The normalized spacial score (nSPS) is 12.5. The van der Waals surface area contributed by atoms with Crippen LogP contribution in [0.15, 0.2) is 47.4 Å². The number of nitrogens with one attached hydrogen (secondary N) is 1. The molecular formula is C19H24N2O3S2. The predicted octanol–water partition coefficient (Wildman–Crippen LogP) is 3.82. The van der Waals surface area contributed by atoms with Gasteiger partial charge >= 0.3 is 0 Å². The minimum Gasteiger partial charge on any atom is -0.323 e. The van der Waals surface area contributed by atoms with E-state index in [2.05, 4.69) is 5.32 Å². The number of anilines is 2. The molecule has 0 heterocycles. The molecule has 0 aliphatic rings. The quantitative estimate of drug-likeness (QED) is 0.759. The number of nitrogens with zero attached hydrogens (tertiary/aromatic N) is 1. The number of para-hydroxylation sites is 1. The summed E-state index contributed by atoms with van der Waals surface area (Å²) >= 11 is 1.52. The highest BCUT2D eigenvalue weighted by atomic mass is 32.2. The highest BCUT2D eigenvalue weighted by Crippen LogP contribution is 2.28. The Hall–Kier alpha value is -1.99. The standard InChI is InChI=1S/C19H24N2O3S2/c1-13-10-11-14(2)17(12-13)21(26(5,23)24)15(3)19(22)20-16-8-6-7-9-18(16)25-4/h6-12,15H,1-5H3,(H,20,22)/t15-/m1/s1. The Bertz CT molecular complexity index is 911. The van der Waals surface area contributed by atoms with Crippen LogP contribution in [0.3, 0.4) is 0 Å². The van der Waals surface area contributed by atoms with Crippen molar-refractivity contribution in [3.8, 4) is 0 Å². The number of thioether (sulfide) groups is 1. The molecule has 0 saturated heterocycles. The van der Waals surface area contributed by atoms with Crippen LogP contribution in [0.25, 0.3) is 0 Å². The van der Waals surface area contributed by atoms with E-state index < -0.39 is 16.1 Å². The van der Waals surface area contributed by atoms with Crippen LogP contribution in [0.2, 0.25) is 0 Å². The average Bonchev–Trinajstić information content (AvgIpc) is 2.57. The van der Waals surface area contributed by atoms with E-state index in [1.54, 1.807) is 19.1 Å². The maximum Gasteiger partial charge on any atom is 0.248 e. The zero-order chi connectivity index (χ0) is 19.5. The summed E-state index contributed by atoms with van der Waals surface area (Å²) in [6.07, 6.45) is 3.04. The largest absolute Gasteiger partial charge is 0.323 e. The Morgan fingerprint density at radius 3 is 2.42 bits per heavy atom. The molecule has 1 amide bonds. The SMILES string of the molecule is CSc1ccccc1NC(=O)[C@@H](C)N(c1cc(C)ccc1C)S(C)(=O)=O. The van der Waals surface area contributed by atoms with E-state index in [4.69, 9.17) is 0 Å². The van der Waals surface area contributed by atoms with Crippen molar-refractivity contribution in [1.29, 1.82) is 0 Å². The van der Waals surface area contributed by atoms with Crippen molar-refractivity contribution < 1.29 is 13.2 Å². The zero-order valence-corrected chi connectivity index (χ0v) is 17.2. The number of hydrogen-bond donors (Lipinski definition) is 1. The zero-order valence-electron chi connectivity index (χ0n) is 15.6. The molecule has 0 aliphatic carbocycles. The van der Waals surface area contributed by atoms with Crippen molar-refractivity contribution in [3.63, 3.8) is 0 Å². The molecule has 0 spiro atoms. The van der Waals surface area contributed by atoms with Crippen LogP contribution in [0.1, 0.15) is 18.1 Å². The maximum absolute atomic E-state index is 12.8. The number of aryl methyl sites for hydroxylation is 2. The molecule has 0 saturated carbocycles. The smallest absolute Gasteiger partial charge is 0.248 e. The molecule has 1 atom stereocenters. The van der Waals surface area contributed by atoms with Gasteiger partial charge in [0.1, 0.15) is 6.04 Å².